The Morgan fingerprint density at radius 3 is 2.21 bits per heavy atom. The number of unbranched alkanes of at least 4 members (excludes halogenated alkanes) is 1. The first-order chi connectivity index (χ1) is 6.55. The summed E-state index contributed by atoms with van der Waals surface area (Å²) >= 11 is 0. The molecule has 0 aromatic heterocycles. The van der Waals surface area contributed by atoms with Gasteiger partial charge in [-0.2, -0.15) is 0 Å². The van der Waals surface area contributed by atoms with Gasteiger partial charge in [0.2, 0.25) is 0 Å². The maximum Gasteiger partial charge on any atom is -0.00133 e. The zero-order valence-electron chi connectivity index (χ0n) is 10.5. The van der Waals surface area contributed by atoms with E-state index in [0.29, 0.717) is 5.41 Å². The lowest BCUT2D eigenvalue weighted by Gasteiger charge is -2.27. The maximum atomic E-state index is 5.72. The highest BCUT2D eigenvalue weighted by Crippen LogP contribution is 2.18. The van der Waals surface area contributed by atoms with Crippen LogP contribution in [-0.4, -0.2) is 31.1 Å². The van der Waals surface area contributed by atoms with Crippen molar-refractivity contribution < 1.29 is 0 Å². The van der Waals surface area contributed by atoms with Crippen LogP contribution in [0.4, 0.5) is 0 Å². The Morgan fingerprint density at radius 2 is 1.79 bits per heavy atom. The van der Waals surface area contributed by atoms with Crippen molar-refractivity contribution in [2.45, 2.75) is 47.0 Å². The molecule has 2 heteroatoms. The average Bonchev–Trinajstić information content (AvgIpc) is 2.18. The fourth-order valence-corrected chi connectivity index (χ4v) is 1.37. The monoisotopic (exact) mass is 200 g/mol. The summed E-state index contributed by atoms with van der Waals surface area (Å²) in [5, 5.41) is 0. The van der Waals surface area contributed by atoms with E-state index in [1.54, 1.807) is 0 Å². The normalized spacial score (nSPS) is 12.4. The van der Waals surface area contributed by atoms with Gasteiger partial charge in [0.05, 0.1) is 0 Å². The Bertz CT molecular complexity index is 132. The largest absolute Gasteiger partial charge is 0.330 e. The first-order valence-electron chi connectivity index (χ1n) is 5.98. The summed E-state index contributed by atoms with van der Waals surface area (Å²) in [5.41, 5.74) is 6.02. The van der Waals surface area contributed by atoms with Gasteiger partial charge in [-0.25, -0.2) is 0 Å². The molecule has 0 rings (SSSR count). The van der Waals surface area contributed by atoms with Gasteiger partial charge in [-0.15, -0.1) is 0 Å². The zero-order chi connectivity index (χ0) is 11.0. The maximum absolute atomic E-state index is 5.72. The second-order valence-corrected chi connectivity index (χ2v) is 4.91. The topological polar surface area (TPSA) is 29.3 Å². The molecule has 0 saturated heterocycles. The summed E-state index contributed by atoms with van der Waals surface area (Å²) in [5.74, 6) is 0. The van der Waals surface area contributed by atoms with Gasteiger partial charge in [0.25, 0.3) is 0 Å². The lowest BCUT2D eigenvalue weighted by molar-refractivity contribution is 0.226. The van der Waals surface area contributed by atoms with Crippen LogP contribution < -0.4 is 5.73 Å². The number of hydrogen-bond donors (Lipinski definition) is 1. The van der Waals surface area contributed by atoms with Crippen molar-refractivity contribution in [2.75, 3.05) is 26.2 Å². The fourth-order valence-electron chi connectivity index (χ4n) is 1.37. The third-order valence-electron chi connectivity index (χ3n) is 2.93. The number of nitrogens with zero attached hydrogens (tertiary/aromatic N) is 1. The predicted octanol–water partition coefficient (Wildman–Crippen LogP) is 2.48. The van der Waals surface area contributed by atoms with Gasteiger partial charge in [-0.1, -0.05) is 34.1 Å². The molecule has 0 unspecified atom stereocenters. The molecule has 0 aliphatic carbocycles. The molecule has 2 N–H and O–H groups in total. The van der Waals surface area contributed by atoms with Gasteiger partial charge in [0.1, 0.15) is 0 Å². The Balaban J connectivity index is 3.71. The van der Waals surface area contributed by atoms with Crippen molar-refractivity contribution in [3.05, 3.63) is 0 Å². The minimum Gasteiger partial charge on any atom is -0.330 e. The van der Waals surface area contributed by atoms with Crippen molar-refractivity contribution in [1.29, 1.82) is 0 Å². The SMILES string of the molecule is CCCCN(CC)CCC(C)(C)CN. The van der Waals surface area contributed by atoms with E-state index in [1.807, 2.05) is 0 Å². The van der Waals surface area contributed by atoms with E-state index in [-0.39, 0.29) is 0 Å². The molecule has 0 saturated carbocycles. The highest BCUT2D eigenvalue weighted by Gasteiger charge is 2.16. The van der Waals surface area contributed by atoms with E-state index in [1.165, 1.54) is 38.9 Å². The summed E-state index contributed by atoms with van der Waals surface area (Å²) in [4.78, 5) is 2.53. The molecular formula is C12H28N2. The van der Waals surface area contributed by atoms with Crippen LogP contribution in [0.5, 0.6) is 0 Å². The van der Waals surface area contributed by atoms with Crippen LogP contribution in [-0.2, 0) is 0 Å². The molecule has 0 atom stereocenters. The molecule has 86 valence electrons. The first kappa shape index (κ1) is 13.9. The van der Waals surface area contributed by atoms with Gasteiger partial charge in [0.15, 0.2) is 0 Å². The first-order valence-corrected chi connectivity index (χ1v) is 5.98. The van der Waals surface area contributed by atoms with Crippen molar-refractivity contribution in [1.82, 2.24) is 4.90 Å². The van der Waals surface area contributed by atoms with Crippen LogP contribution >= 0.6 is 0 Å². The molecule has 14 heavy (non-hydrogen) atoms. The summed E-state index contributed by atoms with van der Waals surface area (Å²) in [6.45, 7) is 13.4. The quantitative estimate of drug-likeness (QED) is 0.652. The molecular weight excluding hydrogens is 172 g/mol. The lowest BCUT2D eigenvalue weighted by Crippen LogP contribution is -2.32. The van der Waals surface area contributed by atoms with E-state index < -0.39 is 0 Å². The third-order valence-corrected chi connectivity index (χ3v) is 2.93. The van der Waals surface area contributed by atoms with Crippen LogP contribution in [0.25, 0.3) is 0 Å². The van der Waals surface area contributed by atoms with Crippen LogP contribution in [0, 0.1) is 5.41 Å². The van der Waals surface area contributed by atoms with Gasteiger partial charge in [-0.05, 0) is 44.4 Å². The molecule has 0 radical (unpaired) electrons. The average molecular weight is 200 g/mol. The molecule has 0 aromatic rings. The summed E-state index contributed by atoms with van der Waals surface area (Å²) < 4.78 is 0. The molecule has 0 spiro atoms. The second kappa shape index (κ2) is 7.24. The lowest BCUT2D eigenvalue weighted by atomic mass is 9.89. The highest BCUT2D eigenvalue weighted by atomic mass is 15.1. The van der Waals surface area contributed by atoms with Crippen molar-refractivity contribution >= 4 is 0 Å². The van der Waals surface area contributed by atoms with Gasteiger partial charge < -0.3 is 10.6 Å². The van der Waals surface area contributed by atoms with Crippen molar-refractivity contribution in [3.63, 3.8) is 0 Å². The minimum atomic E-state index is 0.305. The van der Waals surface area contributed by atoms with Gasteiger partial charge in [0, 0.05) is 0 Å². The Hall–Kier alpha value is -0.0800. The van der Waals surface area contributed by atoms with Crippen LogP contribution in [0.2, 0.25) is 0 Å². The summed E-state index contributed by atoms with van der Waals surface area (Å²) in [7, 11) is 0. The third kappa shape index (κ3) is 6.39. The van der Waals surface area contributed by atoms with Crippen LogP contribution in [0.15, 0.2) is 0 Å². The van der Waals surface area contributed by atoms with Gasteiger partial charge in [-0.3, -0.25) is 0 Å². The van der Waals surface area contributed by atoms with Crippen molar-refractivity contribution in [3.8, 4) is 0 Å². The fraction of sp³-hybridized carbons (Fsp3) is 1.00. The second-order valence-electron chi connectivity index (χ2n) is 4.91. The molecule has 0 amide bonds. The Labute approximate surface area is 89.9 Å². The van der Waals surface area contributed by atoms with Crippen LogP contribution in [0.1, 0.15) is 47.0 Å². The Kier molecular flexibility index (Phi) is 7.20. The molecule has 0 heterocycles. The van der Waals surface area contributed by atoms with Crippen molar-refractivity contribution in [2.24, 2.45) is 11.1 Å². The molecule has 0 fully saturated rings. The van der Waals surface area contributed by atoms with E-state index in [9.17, 15) is 0 Å². The van der Waals surface area contributed by atoms with E-state index in [4.69, 9.17) is 5.73 Å². The van der Waals surface area contributed by atoms with E-state index >= 15 is 0 Å². The van der Waals surface area contributed by atoms with E-state index in [0.717, 1.165) is 6.54 Å². The molecule has 0 aliphatic rings. The smallest absolute Gasteiger partial charge is 0.00133 e. The number of hydrogen-bond acceptors (Lipinski definition) is 2. The molecule has 2 nitrogen and oxygen atoms in total. The van der Waals surface area contributed by atoms with E-state index in [2.05, 4.69) is 32.6 Å². The molecule has 0 aromatic carbocycles. The minimum absolute atomic E-state index is 0.305. The molecule has 0 bridgehead atoms. The predicted molar refractivity (Wildman–Crippen MR) is 64.5 cm³/mol. The summed E-state index contributed by atoms with van der Waals surface area (Å²) in [6.07, 6.45) is 3.81. The number of nitrogens with two attached hydrogens (primary N) is 1. The zero-order valence-corrected chi connectivity index (χ0v) is 10.5. The summed E-state index contributed by atoms with van der Waals surface area (Å²) in [6, 6.07) is 0. The Morgan fingerprint density at radius 1 is 1.14 bits per heavy atom. The van der Waals surface area contributed by atoms with Gasteiger partial charge >= 0.3 is 0 Å². The number of rotatable bonds is 8. The van der Waals surface area contributed by atoms with Crippen LogP contribution in [0.3, 0.4) is 0 Å². The standard InChI is InChI=1S/C12H28N2/c1-5-7-9-14(6-2)10-8-12(3,4)11-13/h5-11,13H2,1-4H3. The highest BCUT2D eigenvalue weighted by molar-refractivity contribution is 4.71. The molecule has 0 aliphatic heterocycles.